The van der Waals surface area contributed by atoms with Crippen molar-refractivity contribution in [2.45, 2.75) is 39.8 Å². The van der Waals surface area contributed by atoms with Gasteiger partial charge in [-0.15, -0.1) is 0 Å². The first-order valence-electron chi connectivity index (χ1n) is 6.52. The molecule has 2 aromatic heterocycles. The third-order valence-corrected chi connectivity index (χ3v) is 3.39. The molecule has 2 heterocycles. The standard InChI is InChI=1S/C15H19N3O/c1-15(2,11-16)6-4-8-18-9-12(10-19)13-5-3-7-17-14(13)18/h3,5,7,9,19H,4,6,8,10H2,1-2H3. The van der Waals surface area contributed by atoms with Gasteiger partial charge in [0, 0.05) is 29.9 Å². The van der Waals surface area contributed by atoms with Crippen LogP contribution >= 0.6 is 0 Å². The zero-order chi connectivity index (χ0) is 13.9. The molecule has 0 aliphatic rings. The topological polar surface area (TPSA) is 61.8 Å². The average Bonchev–Trinajstić information content (AvgIpc) is 2.77. The van der Waals surface area contributed by atoms with Crippen LogP contribution in [0.4, 0.5) is 0 Å². The van der Waals surface area contributed by atoms with Crippen molar-refractivity contribution in [3.8, 4) is 6.07 Å². The van der Waals surface area contributed by atoms with E-state index in [9.17, 15) is 5.11 Å². The predicted octanol–water partition coefficient (Wildman–Crippen LogP) is 2.86. The second-order valence-corrected chi connectivity index (χ2v) is 5.48. The summed E-state index contributed by atoms with van der Waals surface area (Å²) in [6, 6.07) is 6.17. The lowest BCUT2D eigenvalue weighted by Crippen LogP contribution is -2.09. The summed E-state index contributed by atoms with van der Waals surface area (Å²) in [6.45, 7) is 4.76. The SMILES string of the molecule is CC(C)(C#N)CCCn1cc(CO)c2cccnc21. The number of aryl methyl sites for hydroxylation is 1. The second-order valence-electron chi connectivity index (χ2n) is 5.48. The normalized spacial score (nSPS) is 11.7. The zero-order valence-corrected chi connectivity index (χ0v) is 11.4. The van der Waals surface area contributed by atoms with Crippen LogP contribution in [0.25, 0.3) is 11.0 Å². The van der Waals surface area contributed by atoms with Crippen LogP contribution in [0, 0.1) is 16.7 Å². The lowest BCUT2D eigenvalue weighted by Gasteiger charge is -2.14. The van der Waals surface area contributed by atoms with E-state index in [4.69, 9.17) is 5.26 Å². The van der Waals surface area contributed by atoms with Crippen LogP contribution in [0.1, 0.15) is 32.3 Å². The third kappa shape index (κ3) is 2.94. The number of nitrogens with zero attached hydrogens (tertiary/aromatic N) is 3. The molecular weight excluding hydrogens is 238 g/mol. The first-order valence-corrected chi connectivity index (χ1v) is 6.52. The summed E-state index contributed by atoms with van der Waals surface area (Å²) < 4.78 is 2.06. The summed E-state index contributed by atoms with van der Waals surface area (Å²) >= 11 is 0. The molecule has 100 valence electrons. The summed E-state index contributed by atoms with van der Waals surface area (Å²) in [5.74, 6) is 0. The largest absolute Gasteiger partial charge is 0.392 e. The number of hydrogen-bond acceptors (Lipinski definition) is 3. The van der Waals surface area contributed by atoms with E-state index < -0.39 is 0 Å². The van der Waals surface area contributed by atoms with Gasteiger partial charge in [0.2, 0.25) is 0 Å². The van der Waals surface area contributed by atoms with Gasteiger partial charge in [0.25, 0.3) is 0 Å². The van der Waals surface area contributed by atoms with Crippen LogP contribution in [0.3, 0.4) is 0 Å². The number of fused-ring (bicyclic) bond motifs is 1. The van der Waals surface area contributed by atoms with Crippen LogP contribution in [0.2, 0.25) is 0 Å². The first-order chi connectivity index (χ1) is 9.07. The Kier molecular flexibility index (Phi) is 3.87. The molecule has 0 spiro atoms. The van der Waals surface area contributed by atoms with E-state index in [1.165, 1.54) is 0 Å². The smallest absolute Gasteiger partial charge is 0.140 e. The summed E-state index contributed by atoms with van der Waals surface area (Å²) in [5, 5.41) is 19.4. The third-order valence-electron chi connectivity index (χ3n) is 3.39. The lowest BCUT2D eigenvalue weighted by molar-refractivity contribution is 0.283. The number of aromatic nitrogens is 2. The van der Waals surface area contributed by atoms with Crippen molar-refractivity contribution in [3.05, 3.63) is 30.1 Å². The minimum Gasteiger partial charge on any atom is -0.392 e. The van der Waals surface area contributed by atoms with E-state index in [0.717, 1.165) is 36.0 Å². The second kappa shape index (κ2) is 5.41. The van der Waals surface area contributed by atoms with Gasteiger partial charge in [-0.3, -0.25) is 0 Å². The molecule has 1 N–H and O–H groups in total. The molecule has 2 rings (SSSR count). The molecule has 0 bridgehead atoms. The first kappa shape index (κ1) is 13.6. The molecule has 0 saturated carbocycles. The Labute approximate surface area is 113 Å². The summed E-state index contributed by atoms with van der Waals surface area (Å²) in [4.78, 5) is 4.37. The molecule has 0 fully saturated rings. The van der Waals surface area contributed by atoms with Crippen LogP contribution in [0.15, 0.2) is 24.5 Å². The Morgan fingerprint density at radius 2 is 2.26 bits per heavy atom. The number of nitriles is 1. The van der Waals surface area contributed by atoms with Gasteiger partial charge < -0.3 is 9.67 Å². The highest BCUT2D eigenvalue weighted by atomic mass is 16.3. The number of rotatable bonds is 5. The van der Waals surface area contributed by atoms with E-state index in [1.54, 1.807) is 6.20 Å². The molecule has 0 radical (unpaired) electrons. The molecule has 0 amide bonds. The fourth-order valence-corrected chi connectivity index (χ4v) is 2.24. The quantitative estimate of drug-likeness (QED) is 0.895. The van der Waals surface area contributed by atoms with Crippen LogP contribution in [-0.2, 0) is 13.2 Å². The molecule has 0 aromatic carbocycles. The Bertz CT molecular complexity index is 607. The monoisotopic (exact) mass is 257 g/mol. The van der Waals surface area contributed by atoms with Crippen molar-refractivity contribution in [1.82, 2.24) is 9.55 Å². The number of pyridine rings is 1. The number of hydrogen-bond donors (Lipinski definition) is 1. The van der Waals surface area contributed by atoms with E-state index in [2.05, 4.69) is 15.6 Å². The van der Waals surface area contributed by atoms with Crippen molar-refractivity contribution in [2.24, 2.45) is 5.41 Å². The lowest BCUT2D eigenvalue weighted by atomic mass is 9.90. The molecule has 0 aliphatic carbocycles. The number of aliphatic hydroxyl groups is 1. The summed E-state index contributed by atoms with van der Waals surface area (Å²) in [7, 11) is 0. The highest BCUT2D eigenvalue weighted by molar-refractivity contribution is 5.80. The predicted molar refractivity (Wildman–Crippen MR) is 74.3 cm³/mol. The van der Waals surface area contributed by atoms with Crippen molar-refractivity contribution >= 4 is 11.0 Å². The van der Waals surface area contributed by atoms with Crippen molar-refractivity contribution in [3.63, 3.8) is 0 Å². The Morgan fingerprint density at radius 1 is 1.47 bits per heavy atom. The van der Waals surface area contributed by atoms with Crippen molar-refractivity contribution < 1.29 is 5.11 Å². The average molecular weight is 257 g/mol. The summed E-state index contributed by atoms with van der Waals surface area (Å²) in [6.07, 6.45) is 5.49. The van der Waals surface area contributed by atoms with Gasteiger partial charge in [-0.1, -0.05) is 0 Å². The Balaban J connectivity index is 2.16. The van der Waals surface area contributed by atoms with Gasteiger partial charge in [-0.05, 0) is 38.8 Å². The minimum absolute atomic E-state index is 0.0267. The highest BCUT2D eigenvalue weighted by Crippen LogP contribution is 2.23. The maximum Gasteiger partial charge on any atom is 0.140 e. The van der Waals surface area contributed by atoms with Gasteiger partial charge in [0.1, 0.15) is 5.65 Å². The molecule has 0 unspecified atom stereocenters. The molecule has 0 atom stereocenters. The van der Waals surface area contributed by atoms with Crippen LogP contribution in [-0.4, -0.2) is 14.7 Å². The highest BCUT2D eigenvalue weighted by Gasteiger charge is 2.16. The number of aliphatic hydroxyl groups excluding tert-OH is 1. The van der Waals surface area contributed by atoms with E-state index in [1.807, 2.05) is 32.2 Å². The molecule has 0 aliphatic heterocycles. The van der Waals surface area contributed by atoms with Crippen LogP contribution < -0.4 is 0 Å². The molecular formula is C15H19N3O. The zero-order valence-electron chi connectivity index (χ0n) is 11.4. The van der Waals surface area contributed by atoms with E-state index >= 15 is 0 Å². The fourth-order valence-electron chi connectivity index (χ4n) is 2.24. The summed E-state index contributed by atoms with van der Waals surface area (Å²) in [5.41, 5.74) is 1.53. The maximum atomic E-state index is 9.36. The molecule has 4 heteroatoms. The van der Waals surface area contributed by atoms with Gasteiger partial charge in [-0.25, -0.2) is 4.98 Å². The molecule has 2 aromatic rings. The molecule has 0 saturated heterocycles. The van der Waals surface area contributed by atoms with E-state index in [-0.39, 0.29) is 12.0 Å². The van der Waals surface area contributed by atoms with Crippen molar-refractivity contribution in [2.75, 3.05) is 0 Å². The maximum absolute atomic E-state index is 9.36. The molecule has 4 nitrogen and oxygen atoms in total. The Morgan fingerprint density at radius 3 is 2.95 bits per heavy atom. The Hall–Kier alpha value is -1.86. The fraction of sp³-hybridized carbons (Fsp3) is 0.467. The van der Waals surface area contributed by atoms with E-state index in [0.29, 0.717) is 0 Å². The van der Waals surface area contributed by atoms with Gasteiger partial charge in [0.05, 0.1) is 18.1 Å². The van der Waals surface area contributed by atoms with Crippen molar-refractivity contribution in [1.29, 1.82) is 5.26 Å². The minimum atomic E-state index is -0.282. The van der Waals surface area contributed by atoms with Gasteiger partial charge in [-0.2, -0.15) is 5.26 Å². The molecule has 19 heavy (non-hydrogen) atoms. The van der Waals surface area contributed by atoms with Gasteiger partial charge >= 0.3 is 0 Å². The van der Waals surface area contributed by atoms with Crippen LogP contribution in [0.5, 0.6) is 0 Å². The van der Waals surface area contributed by atoms with Gasteiger partial charge in [0.15, 0.2) is 0 Å².